The zero-order valence-electron chi connectivity index (χ0n) is 18.5. The number of nitrogens with zero attached hydrogens (tertiary/aromatic N) is 2. The second-order valence-corrected chi connectivity index (χ2v) is 8.39. The molecule has 2 fully saturated rings. The lowest BCUT2D eigenvalue weighted by Gasteiger charge is -2.29. The number of carbonyl (C=O) groups is 2. The van der Waals surface area contributed by atoms with Gasteiger partial charge in [0.25, 0.3) is 11.7 Å². The van der Waals surface area contributed by atoms with E-state index >= 15 is 0 Å². The molecule has 5 rings (SSSR count). The van der Waals surface area contributed by atoms with Gasteiger partial charge in [0.05, 0.1) is 24.8 Å². The topological polar surface area (TPSA) is 88.5 Å². The average Bonchev–Trinajstić information content (AvgIpc) is 3.42. The molecule has 0 aromatic heterocycles. The van der Waals surface area contributed by atoms with Gasteiger partial charge in [-0.15, -0.1) is 0 Å². The number of morpholine rings is 1. The number of hydrogen-bond donors (Lipinski definition) is 1. The molecule has 3 aliphatic rings. The molecule has 1 N–H and O–H groups in total. The molecule has 3 aliphatic heterocycles. The summed E-state index contributed by atoms with van der Waals surface area (Å²) in [5, 5.41) is 11.1. The molecule has 2 aromatic rings. The average molecular weight is 468 g/mol. The molecular formula is C25H25FN2O6. The molecule has 0 radical (unpaired) electrons. The minimum atomic E-state index is -1.03. The molecule has 178 valence electrons. The fourth-order valence-corrected chi connectivity index (χ4v) is 4.62. The number of fused-ring (bicyclic) bond motifs is 1. The zero-order chi connectivity index (χ0) is 23.7. The van der Waals surface area contributed by atoms with Gasteiger partial charge < -0.3 is 24.2 Å². The molecule has 1 atom stereocenters. The molecule has 1 unspecified atom stereocenters. The van der Waals surface area contributed by atoms with E-state index in [1.54, 1.807) is 30.3 Å². The number of ketones is 1. The van der Waals surface area contributed by atoms with Gasteiger partial charge in [0.2, 0.25) is 6.79 Å². The number of halogens is 1. The Morgan fingerprint density at radius 1 is 1.03 bits per heavy atom. The third-order valence-corrected chi connectivity index (χ3v) is 6.36. The van der Waals surface area contributed by atoms with E-state index in [0.29, 0.717) is 31.1 Å². The second-order valence-electron chi connectivity index (χ2n) is 8.39. The van der Waals surface area contributed by atoms with Crippen molar-refractivity contribution in [1.29, 1.82) is 0 Å². The lowest BCUT2D eigenvalue weighted by Crippen LogP contribution is -2.39. The largest absolute Gasteiger partial charge is 0.507 e. The Morgan fingerprint density at radius 3 is 2.59 bits per heavy atom. The molecule has 34 heavy (non-hydrogen) atoms. The predicted octanol–water partition coefficient (Wildman–Crippen LogP) is 2.70. The van der Waals surface area contributed by atoms with Gasteiger partial charge in [0.15, 0.2) is 11.5 Å². The highest BCUT2D eigenvalue weighted by Crippen LogP contribution is 2.42. The maximum Gasteiger partial charge on any atom is 0.295 e. The van der Waals surface area contributed by atoms with Crippen LogP contribution in [0.1, 0.15) is 23.6 Å². The van der Waals surface area contributed by atoms with Crippen molar-refractivity contribution in [2.45, 2.75) is 12.5 Å². The number of rotatable bonds is 6. The number of carbonyl (C=O) groups excluding carboxylic acids is 2. The molecule has 0 saturated carbocycles. The van der Waals surface area contributed by atoms with Crippen LogP contribution in [0.3, 0.4) is 0 Å². The van der Waals surface area contributed by atoms with Crippen molar-refractivity contribution in [3.63, 3.8) is 0 Å². The van der Waals surface area contributed by atoms with Gasteiger partial charge in [0, 0.05) is 37.3 Å². The number of Topliss-reactive ketones (excluding diaryl/α,β-unsaturated/α-hetero) is 1. The minimum Gasteiger partial charge on any atom is -0.507 e. The van der Waals surface area contributed by atoms with E-state index < -0.39 is 23.5 Å². The summed E-state index contributed by atoms with van der Waals surface area (Å²) in [6.07, 6.45) is 0.599. The molecule has 2 aromatic carbocycles. The van der Waals surface area contributed by atoms with Gasteiger partial charge in [-0.3, -0.25) is 14.5 Å². The summed E-state index contributed by atoms with van der Waals surface area (Å²) >= 11 is 0. The highest BCUT2D eigenvalue weighted by Gasteiger charge is 2.46. The van der Waals surface area contributed by atoms with Crippen LogP contribution in [0.5, 0.6) is 11.5 Å². The van der Waals surface area contributed by atoms with Crippen molar-refractivity contribution < 1.29 is 33.3 Å². The van der Waals surface area contributed by atoms with Gasteiger partial charge in [-0.1, -0.05) is 18.2 Å². The van der Waals surface area contributed by atoms with Crippen LogP contribution in [-0.4, -0.2) is 72.8 Å². The summed E-state index contributed by atoms with van der Waals surface area (Å²) in [5.74, 6) is -1.57. The minimum absolute atomic E-state index is 0.0578. The molecule has 0 aliphatic carbocycles. The summed E-state index contributed by atoms with van der Waals surface area (Å²) in [4.78, 5) is 29.7. The van der Waals surface area contributed by atoms with Gasteiger partial charge >= 0.3 is 0 Å². The van der Waals surface area contributed by atoms with Gasteiger partial charge in [-0.05, 0) is 30.7 Å². The highest BCUT2D eigenvalue weighted by molar-refractivity contribution is 6.46. The number of aliphatic hydroxyl groups excluding tert-OH is 1. The first-order valence-electron chi connectivity index (χ1n) is 11.3. The van der Waals surface area contributed by atoms with Crippen molar-refractivity contribution >= 4 is 17.4 Å². The number of benzene rings is 2. The maximum absolute atomic E-state index is 14.9. The van der Waals surface area contributed by atoms with E-state index in [4.69, 9.17) is 14.2 Å². The van der Waals surface area contributed by atoms with Crippen LogP contribution in [0.4, 0.5) is 4.39 Å². The van der Waals surface area contributed by atoms with E-state index in [0.717, 1.165) is 19.6 Å². The van der Waals surface area contributed by atoms with Gasteiger partial charge in [-0.25, -0.2) is 4.39 Å². The van der Waals surface area contributed by atoms with Crippen molar-refractivity contribution in [2.24, 2.45) is 0 Å². The summed E-state index contributed by atoms with van der Waals surface area (Å²) in [6, 6.07) is 9.71. The molecule has 8 nitrogen and oxygen atoms in total. The first-order valence-corrected chi connectivity index (χ1v) is 11.3. The van der Waals surface area contributed by atoms with E-state index in [2.05, 4.69) is 4.90 Å². The van der Waals surface area contributed by atoms with Crippen LogP contribution in [0.2, 0.25) is 0 Å². The van der Waals surface area contributed by atoms with Gasteiger partial charge in [0.1, 0.15) is 11.6 Å². The Hall–Kier alpha value is -3.43. The predicted molar refractivity (Wildman–Crippen MR) is 120 cm³/mol. The number of hydrogen-bond acceptors (Lipinski definition) is 7. The first-order chi connectivity index (χ1) is 16.5. The van der Waals surface area contributed by atoms with Crippen molar-refractivity contribution in [2.75, 3.05) is 46.2 Å². The second kappa shape index (κ2) is 9.44. The molecule has 9 heteroatoms. The van der Waals surface area contributed by atoms with E-state index in [-0.39, 0.29) is 35.8 Å². The van der Waals surface area contributed by atoms with E-state index in [1.165, 1.54) is 17.0 Å². The van der Waals surface area contributed by atoms with Crippen LogP contribution >= 0.6 is 0 Å². The van der Waals surface area contributed by atoms with Crippen LogP contribution in [-0.2, 0) is 14.3 Å². The first kappa shape index (κ1) is 22.4. The third kappa shape index (κ3) is 4.12. The third-order valence-electron chi connectivity index (χ3n) is 6.36. The lowest BCUT2D eigenvalue weighted by atomic mass is 9.94. The number of amides is 1. The number of ether oxygens (including phenoxy) is 3. The Labute approximate surface area is 196 Å². The summed E-state index contributed by atoms with van der Waals surface area (Å²) in [7, 11) is 0. The van der Waals surface area contributed by atoms with Crippen LogP contribution in [0.15, 0.2) is 48.0 Å². The quantitative estimate of drug-likeness (QED) is 0.396. The molecule has 3 heterocycles. The normalized spacial score (nSPS) is 21.9. The zero-order valence-corrected chi connectivity index (χ0v) is 18.5. The smallest absolute Gasteiger partial charge is 0.295 e. The van der Waals surface area contributed by atoms with Gasteiger partial charge in [-0.2, -0.15) is 0 Å². The number of likely N-dealkylation sites (tertiary alicyclic amines) is 1. The molecule has 1 amide bonds. The number of aliphatic hydroxyl groups is 1. The summed E-state index contributed by atoms with van der Waals surface area (Å²) in [5.41, 5.74) is 0.313. The Morgan fingerprint density at radius 2 is 1.79 bits per heavy atom. The van der Waals surface area contributed by atoms with Crippen LogP contribution in [0, 0.1) is 5.82 Å². The van der Waals surface area contributed by atoms with Crippen molar-refractivity contribution in [1.82, 2.24) is 9.80 Å². The lowest BCUT2D eigenvalue weighted by molar-refractivity contribution is -0.140. The summed E-state index contributed by atoms with van der Waals surface area (Å²) in [6.45, 7) is 3.96. The van der Waals surface area contributed by atoms with Crippen molar-refractivity contribution in [3.8, 4) is 11.5 Å². The SMILES string of the molecule is O=C1C(=O)N(CCCN2CCOCC2)C(c2ccccc2F)/C1=C(/O)c1ccc2c(c1)OCO2. The maximum atomic E-state index is 14.9. The fourth-order valence-electron chi connectivity index (χ4n) is 4.62. The molecule has 0 spiro atoms. The van der Waals surface area contributed by atoms with E-state index in [9.17, 15) is 19.1 Å². The standard InChI is InChI=1S/C25H25FN2O6/c26-18-5-2-1-4-17(18)22-21(23(29)16-6-7-19-20(14-16)34-15-33-19)24(30)25(31)28(22)9-3-8-27-10-12-32-13-11-27/h1-2,4-7,14,22,29H,3,8-13,15H2/b23-21-. The Balaban J connectivity index is 1.49. The monoisotopic (exact) mass is 468 g/mol. The Kier molecular flexibility index (Phi) is 6.21. The fraction of sp³-hybridized carbons (Fsp3) is 0.360. The van der Waals surface area contributed by atoms with Crippen LogP contribution < -0.4 is 9.47 Å². The van der Waals surface area contributed by atoms with E-state index in [1.807, 2.05) is 0 Å². The highest BCUT2D eigenvalue weighted by atomic mass is 19.1. The van der Waals surface area contributed by atoms with Crippen molar-refractivity contribution in [3.05, 3.63) is 65.0 Å². The molecular weight excluding hydrogens is 443 g/mol. The molecule has 0 bridgehead atoms. The van der Waals surface area contributed by atoms with Crippen LogP contribution in [0.25, 0.3) is 5.76 Å². The Bertz CT molecular complexity index is 1140. The molecule has 2 saturated heterocycles. The summed E-state index contributed by atoms with van der Waals surface area (Å²) < 4.78 is 30.9.